The summed E-state index contributed by atoms with van der Waals surface area (Å²) in [5, 5.41) is 8.88. The number of anilines is 1. The number of carbonyl (C=O) groups is 1. The van der Waals surface area contributed by atoms with Crippen molar-refractivity contribution in [1.82, 2.24) is 9.55 Å². The maximum absolute atomic E-state index is 12.6. The van der Waals surface area contributed by atoms with Gasteiger partial charge in [-0.3, -0.25) is 9.59 Å². The standard InChI is InChI=1S/C15H21N3O3/c19-13(20)7-6-11-3-1-2-9-17(11)14-15(21)18(10-8-16-14)12-4-5-12/h8,10-12H,1-7,9H2,(H,19,20). The van der Waals surface area contributed by atoms with Crippen LogP contribution in [0.1, 0.15) is 51.0 Å². The monoisotopic (exact) mass is 291 g/mol. The maximum atomic E-state index is 12.6. The summed E-state index contributed by atoms with van der Waals surface area (Å²) in [6, 6.07) is 0.451. The second kappa shape index (κ2) is 5.87. The van der Waals surface area contributed by atoms with Crippen LogP contribution < -0.4 is 10.5 Å². The lowest BCUT2D eigenvalue weighted by atomic mass is 9.98. The fourth-order valence-corrected chi connectivity index (χ4v) is 3.12. The Labute approximate surface area is 123 Å². The first-order valence-electron chi connectivity index (χ1n) is 7.72. The highest BCUT2D eigenvalue weighted by Crippen LogP contribution is 2.33. The number of nitrogens with zero attached hydrogens (tertiary/aromatic N) is 3. The Morgan fingerprint density at radius 1 is 1.33 bits per heavy atom. The van der Waals surface area contributed by atoms with Crippen LogP contribution in [0.3, 0.4) is 0 Å². The Balaban J connectivity index is 1.84. The highest BCUT2D eigenvalue weighted by atomic mass is 16.4. The van der Waals surface area contributed by atoms with Crippen molar-refractivity contribution in [3.8, 4) is 0 Å². The highest BCUT2D eigenvalue weighted by Gasteiger charge is 2.29. The van der Waals surface area contributed by atoms with Gasteiger partial charge < -0.3 is 14.6 Å². The molecule has 0 radical (unpaired) electrons. The topological polar surface area (TPSA) is 75.4 Å². The van der Waals surface area contributed by atoms with Crippen LogP contribution in [-0.4, -0.2) is 33.2 Å². The van der Waals surface area contributed by atoms with Crippen LogP contribution in [0.25, 0.3) is 0 Å². The lowest BCUT2D eigenvalue weighted by Gasteiger charge is -2.36. The van der Waals surface area contributed by atoms with E-state index in [4.69, 9.17) is 5.11 Å². The Hall–Kier alpha value is -1.85. The third kappa shape index (κ3) is 3.09. The Kier molecular flexibility index (Phi) is 3.94. The largest absolute Gasteiger partial charge is 0.481 e. The minimum absolute atomic E-state index is 0.0257. The van der Waals surface area contributed by atoms with Crippen molar-refractivity contribution in [2.75, 3.05) is 11.4 Å². The molecule has 1 atom stereocenters. The summed E-state index contributed by atoms with van der Waals surface area (Å²) in [5.41, 5.74) is -0.0257. The number of carboxylic acid groups (broad SMARTS) is 1. The van der Waals surface area contributed by atoms with E-state index in [1.807, 2.05) is 4.90 Å². The molecule has 2 fully saturated rings. The average Bonchev–Trinajstić information content (AvgIpc) is 3.30. The molecule has 2 aliphatic rings. The first-order valence-corrected chi connectivity index (χ1v) is 7.72. The molecule has 6 nitrogen and oxygen atoms in total. The van der Waals surface area contributed by atoms with Gasteiger partial charge in [-0.2, -0.15) is 0 Å². The first-order chi connectivity index (χ1) is 10.2. The Bertz CT molecular complexity index is 580. The zero-order valence-corrected chi connectivity index (χ0v) is 12.1. The van der Waals surface area contributed by atoms with Crippen molar-refractivity contribution in [2.24, 2.45) is 0 Å². The van der Waals surface area contributed by atoms with Gasteiger partial charge in [0.25, 0.3) is 5.56 Å². The van der Waals surface area contributed by atoms with Crippen molar-refractivity contribution < 1.29 is 9.90 Å². The molecular formula is C15H21N3O3. The van der Waals surface area contributed by atoms with Gasteiger partial charge in [-0.1, -0.05) is 0 Å². The van der Waals surface area contributed by atoms with Gasteiger partial charge >= 0.3 is 5.97 Å². The zero-order chi connectivity index (χ0) is 14.8. The molecule has 1 aliphatic carbocycles. The fourth-order valence-electron chi connectivity index (χ4n) is 3.12. The molecule has 1 aromatic rings. The lowest BCUT2D eigenvalue weighted by Crippen LogP contribution is -2.44. The molecular weight excluding hydrogens is 270 g/mol. The van der Waals surface area contributed by atoms with E-state index in [1.165, 1.54) is 0 Å². The van der Waals surface area contributed by atoms with Crippen LogP contribution in [0, 0.1) is 0 Å². The van der Waals surface area contributed by atoms with E-state index in [2.05, 4.69) is 4.98 Å². The minimum Gasteiger partial charge on any atom is -0.481 e. The summed E-state index contributed by atoms with van der Waals surface area (Å²) < 4.78 is 1.78. The molecule has 1 saturated heterocycles. The molecule has 1 unspecified atom stereocenters. The third-order valence-corrected chi connectivity index (χ3v) is 4.38. The molecule has 114 valence electrons. The number of hydrogen-bond donors (Lipinski definition) is 1. The number of aliphatic carboxylic acids is 1. The van der Waals surface area contributed by atoms with Gasteiger partial charge in [0.15, 0.2) is 5.82 Å². The van der Waals surface area contributed by atoms with Gasteiger partial charge in [-0.15, -0.1) is 0 Å². The van der Waals surface area contributed by atoms with E-state index >= 15 is 0 Å². The maximum Gasteiger partial charge on any atom is 0.303 e. The fraction of sp³-hybridized carbons (Fsp3) is 0.667. The van der Waals surface area contributed by atoms with Gasteiger partial charge in [0.05, 0.1) is 0 Å². The Morgan fingerprint density at radius 3 is 2.86 bits per heavy atom. The molecule has 6 heteroatoms. The van der Waals surface area contributed by atoms with Crippen molar-refractivity contribution in [3.63, 3.8) is 0 Å². The molecule has 0 amide bonds. The van der Waals surface area contributed by atoms with Crippen molar-refractivity contribution >= 4 is 11.8 Å². The number of piperidine rings is 1. The predicted octanol–water partition coefficient (Wildman–Crippen LogP) is 1.80. The summed E-state index contributed by atoms with van der Waals surface area (Å²) >= 11 is 0. The van der Waals surface area contributed by atoms with Crippen LogP contribution in [0.5, 0.6) is 0 Å². The normalized spacial score (nSPS) is 22.3. The SMILES string of the molecule is O=C(O)CCC1CCCCN1c1nccn(C2CC2)c1=O. The average molecular weight is 291 g/mol. The number of aromatic nitrogens is 2. The van der Waals surface area contributed by atoms with Crippen LogP contribution >= 0.6 is 0 Å². The summed E-state index contributed by atoms with van der Waals surface area (Å²) in [4.78, 5) is 29.7. The molecule has 1 aromatic heterocycles. The number of carboxylic acids is 1. The summed E-state index contributed by atoms with van der Waals surface area (Å²) in [6.45, 7) is 0.793. The summed E-state index contributed by atoms with van der Waals surface area (Å²) in [6.07, 6.45) is 9.36. The van der Waals surface area contributed by atoms with Gasteiger partial charge in [0, 0.05) is 37.4 Å². The van der Waals surface area contributed by atoms with Crippen LogP contribution in [0.15, 0.2) is 17.2 Å². The molecule has 0 spiro atoms. The summed E-state index contributed by atoms with van der Waals surface area (Å²) in [7, 11) is 0. The van der Waals surface area contributed by atoms with Crippen LogP contribution in [0.2, 0.25) is 0 Å². The summed E-state index contributed by atoms with van der Waals surface area (Å²) in [5.74, 6) is -0.281. The second-order valence-electron chi connectivity index (χ2n) is 5.97. The van der Waals surface area contributed by atoms with E-state index in [9.17, 15) is 9.59 Å². The number of rotatable bonds is 5. The predicted molar refractivity (Wildman–Crippen MR) is 78.6 cm³/mol. The number of hydrogen-bond acceptors (Lipinski definition) is 4. The van der Waals surface area contributed by atoms with Crippen molar-refractivity contribution in [2.45, 2.75) is 57.0 Å². The van der Waals surface area contributed by atoms with E-state index in [0.29, 0.717) is 18.3 Å². The Morgan fingerprint density at radius 2 is 2.14 bits per heavy atom. The third-order valence-electron chi connectivity index (χ3n) is 4.38. The van der Waals surface area contributed by atoms with E-state index in [1.54, 1.807) is 17.0 Å². The van der Waals surface area contributed by atoms with Gasteiger partial charge in [0.2, 0.25) is 0 Å². The van der Waals surface area contributed by atoms with Crippen LogP contribution in [0.4, 0.5) is 5.82 Å². The molecule has 21 heavy (non-hydrogen) atoms. The molecule has 0 bridgehead atoms. The molecule has 3 rings (SSSR count). The highest BCUT2D eigenvalue weighted by molar-refractivity contribution is 5.66. The molecule has 2 heterocycles. The quantitative estimate of drug-likeness (QED) is 0.895. The lowest BCUT2D eigenvalue weighted by molar-refractivity contribution is -0.137. The van der Waals surface area contributed by atoms with Crippen molar-refractivity contribution in [1.29, 1.82) is 0 Å². The van der Waals surface area contributed by atoms with E-state index in [-0.39, 0.29) is 18.0 Å². The van der Waals surface area contributed by atoms with E-state index in [0.717, 1.165) is 38.6 Å². The van der Waals surface area contributed by atoms with Crippen molar-refractivity contribution in [3.05, 3.63) is 22.7 Å². The van der Waals surface area contributed by atoms with Crippen LogP contribution in [-0.2, 0) is 4.79 Å². The van der Waals surface area contributed by atoms with E-state index < -0.39 is 5.97 Å². The first kappa shape index (κ1) is 14.1. The smallest absolute Gasteiger partial charge is 0.303 e. The minimum atomic E-state index is -0.781. The molecule has 1 aliphatic heterocycles. The second-order valence-corrected chi connectivity index (χ2v) is 5.97. The molecule has 0 aromatic carbocycles. The zero-order valence-electron chi connectivity index (χ0n) is 12.1. The van der Waals surface area contributed by atoms with Gasteiger partial charge in [0.1, 0.15) is 0 Å². The molecule has 1 N–H and O–H groups in total. The molecule has 1 saturated carbocycles. The van der Waals surface area contributed by atoms with Gasteiger partial charge in [-0.05, 0) is 38.5 Å². The van der Waals surface area contributed by atoms with Gasteiger partial charge in [-0.25, -0.2) is 4.98 Å².